The Kier molecular flexibility index (Phi) is 3.68. The monoisotopic (exact) mass is 319 g/mol. The molecule has 0 radical (unpaired) electrons. The van der Waals surface area contributed by atoms with Gasteiger partial charge in [-0.25, -0.2) is 13.9 Å². The summed E-state index contributed by atoms with van der Waals surface area (Å²) in [7, 11) is 0. The molecule has 2 N–H and O–H groups in total. The van der Waals surface area contributed by atoms with E-state index in [1.807, 2.05) is 0 Å². The molecule has 0 fully saturated rings. The van der Waals surface area contributed by atoms with Crippen molar-refractivity contribution in [2.24, 2.45) is 5.73 Å². The Morgan fingerprint density at radius 3 is 2.70 bits per heavy atom. The van der Waals surface area contributed by atoms with Gasteiger partial charge in [-0.3, -0.25) is 14.2 Å². The van der Waals surface area contributed by atoms with Gasteiger partial charge in [-0.05, 0) is 6.07 Å². The van der Waals surface area contributed by atoms with Crippen LogP contribution in [0.4, 0.5) is 4.39 Å². The Morgan fingerprint density at radius 2 is 2.00 bits per heavy atom. The number of benzene rings is 1. The zero-order valence-electron chi connectivity index (χ0n) is 12.1. The van der Waals surface area contributed by atoms with Gasteiger partial charge in [-0.2, -0.15) is 0 Å². The van der Waals surface area contributed by atoms with Crippen molar-refractivity contribution >= 4 is 11.8 Å². The van der Waals surface area contributed by atoms with Gasteiger partial charge in [-0.15, -0.1) is 5.10 Å². The molecule has 1 aliphatic rings. The molecular formula is C14H14FN5O3. The van der Waals surface area contributed by atoms with Crippen LogP contribution < -0.4 is 11.4 Å². The summed E-state index contributed by atoms with van der Waals surface area (Å²) >= 11 is 0. The molecule has 0 bridgehead atoms. The minimum atomic E-state index is -0.724. The predicted octanol–water partition coefficient (Wildman–Crippen LogP) is -0.675. The normalized spacial score (nSPS) is 14.0. The van der Waals surface area contributed by atoms with E-state index in [0.29, 0.717) is 5.56 Å². The van der Waals surface area contributed by atoms with Gasteiger partial charge in [0, 0.05) is 25.2 Å². The standard InChI is InChI=1S/C14H14FN5O3/c15-10-4-2-1-3-9(10)7-18-5-6-19-12(13(18)22)17-20(14(19)23)8-11(16)21/h1-4H,5-8H2,(H2,16,21). The molecule has 120 valence electrons. The van der Waals surface area contributed by atoms with E-state index in [9.17, 15) is 18.8 Å². The number of aromatic nitrogens is 3. The summed E-state index contributed by atoms with van der Waals surface area (Å²) in [6, 6.07) is 6.17. The summed E-state index contributed by atoms with van der Waals surface area (Å²) < 4.78 is 15.8. The highest BCUT2D eigenvalue weighted by Gasteiger charge is 2.30. The van der Waals surface area contributed by atoms with Gasteiger partial charge >= 0.3 is 5.69 Å². The summed E-state index contributed by atoms with van der Waals surface area (Å²) in [5, 5.41) is 3.87. The predicted molar refractivity (Wildman–Crippen MR) is 76.8 cm³/mol. The molecule has 2 amide bonds. The fraction of sp³-hybridized carbons (Fsp3) is 0.286. The first-order valence-corrected chi connectivity index (χ1v) is 6.96. The number of carbonyl (C=O) groups excluding carboxylic acids is 2. The first-order valence-electron chi connectivity index (χ1n) is 6.96. The molecule has 0 atom stereocenters. The van der Waals surface area contributed by atoms with Gasteiger partial charge in [0.05, 0.1) is 0 Å². The number of nitrogens with zero attached hydrogens (tertiary/aromatic N) is 4. The Hall–Kier alpha value is -2.97. The molecule has 8 nitrogen and oxygen atoms in total. The molecule has 0 saturated carbocycles. The lowest BCUT2D eigenvalue weighted by atomic mass is 10.2. The Balaban J connectivity index is 1.88. The van der Waals surface area contributed by atoms with Crippen molar-refractivity contribution in [3.05, 3.63) is 52.0 Å². The summed E-state index contributed by atoms with van der Waals surface area (Å²) in [6.45, 7) is 0.178. The van der Waals surface area contributed by atoms with E-state index < -0.39 is 23.3 Å². The quantitative estimate of drug-likeness (QED) is 0.807. The third kappa shape index (κ3) is 2.72. The number of halogens is 1. The Morgan fingerprint density at radius 1 is 1.26 bits per heavy atom. The lowest BCUT2D eigenvalue weighted by molar-refractivity contribution is -0.118. The lowest BCUT2D eigenvalue weighted by Gasteiger charge is -2.26. The van der Waals surface area contributed by atoms with E-state index in [0.717, 1.165) is 4.68 Å². The maximum atomic E-state index is 13.7. The first-order chi connectivity index (χ1) is 11.0. The molecule has 9 heteroatoms. The van der Waals surface area contributed by atoms with Crippen molar-refractivity contribution in [2.75, 3.05) is 6.54 Å². The Labute approximate surface area is 129 Å². The van der Waals surface area contributed by atoms with Crippen LogP contribution in [0.2, 0.25) is 0 Å². The molecule has 1 aromatic carbocycles. The first kappa shape index (κ1) is 14.9. The van der Waals surface area contributed by atoms with Crippen molar-refractivity contribution in [3.63, 3.8) is 0 Å². The largest absolute Gasteiger partial charge is 0.368 e. The highest BCUT2D eigenvalue weighted by molar-refractivity contribution is 5.91. The van der Waals surface area contributed by atoms with Crippen LogP contribution in [0.25, 0.3) is 0 Å². The fourth-order valence-corrected chi connectivity index (χ4v) is 2.50. The number of hydrogen-bond acceptors (Lipinski definition) is 4. The summed E-state index contributed by atoms with van der Waals surface area (Å²) in [4.78, 5) is 36.8. The highest BCUT2D eigenvalue weighted by atomic mass is 19.1. The summed E-state index contributed by atoms with van der Waals surface area (Å²) in [5.74, 6) is -1.68. The van der Waals surface area contributed by atoms with Gasteiger partial charge in [0.25, 0.3) is 5.91 Å². The van der Waals surface area contributed by atoms with Crippen molar-refractivity contribution in [1.29, 1.82) is 0 Å². The molecule has 0 spiro atoms. The summed E-state index contributed by atoms with van der Waals surface area (Å²) in [6.07, 6.45) is 0. The average Bonchev–Trinajstić information content (AvgIpc) is 2.81. The lowest BCUT2D eigenvalue weighted by Crippen LogP contribution is -2.42. The van der Waals surface area contributed by atoms with Crippen LogP contribution in [-0.4, -0.2) is 37.6 Å². The second kappa shape index (κ2) is 5.67. The van der Waals surface area contributed by atoms with E-state index in [1.54, 1.807) is 18.2 Å². The molecule has 0 aliphatic carbocycles. The maximum absolute atomic E-state index is 13.7. The third-order valence-corrected chi connectivity index (χ3v) is 3.62. The fourth-order valence-electron chi connectivity index (χ4n) is 2.50. The van der Waals surface area contributed by atoms with Crippen LogP contribution in [0.3, 0.4) is 0 Å². The SMILES string of the molecule is NC(=O)Cn1nc2n(c1=O)CCN(Cc1ccccc1F)C2=O. The number of carbonyl (C=O) groups is 2. The van der Waals surface area contributed by atoms with Crippen LogP contribution in [-0.2, 0) is 24.4 Å². The topological polar surface area (TPSA) is 103 Å². The molecule has 1 aromatic heterocycles. The zero-order valence-corrected chi connectivity index (χ0v) is 12.1. The Bertz CT molecular complexity index is 841. The van der Waals surface area contributed by atoms with E-state index >= 15 is 0 Å². The van der Waals surface area contributed by atoms with Crippen LogP contribution >= 0.6 is 0 Å². The molecule has 2 aromatic rings. The van der Waals surface area contributed by atoms with Crippen LogP contribution in [0.1, 0.15) is 16.2 Å². The summed E-state index contributed by atoms with van der Waals surface area (Å²) in [5.41, 5.74) is 4.87. The van der Waals surface area contributed by atoms with E-state index in [2.05, 4.69) is 5.10 Å². The van der Waals surface area contributed by atoms with Gasteiger partial charge in [0.1, 0.15) is 12.4 Å². The van der Waals surface area contributed by atoms with Crippen molar-refractivity contribution in [1.82, 2.24) is 19.2 Å². The molecule has 0 saturated heterocycles. The molecular weight excluding hydrogens is 305 g/mol. The molecule has 3 rings (SSSR count). The van der Waals surface area contributed by atoms with Crippen LogP contribution in [0, 0.1) is 5.82 Å². The van der Waals surface area contributed by atoms with E-state index in [-0.39, 0.29) is 32.0 Å². The second-order valence-corrected chi connectivity index (χ2v) is 5.20. The molecule has 2 heterocycles. The van der Waals surface area contributed by atoms with Gasteiger partial charge in [0.2, 0.25) is 11.7 Å². The minimum Gasteiger partial charge on any atom is -0.368 e. The van der Waals surface area contributed by atoms with Crippen LogP contribution in [0.5, 0.6) is 0 Å². The third-order valence-electron chi connectivity index (χ3n) is 3.62. The molecule has 23 heavy (non-hydrogen) atoms. The van der Waals surface area contributed by atoms with Gasteiger partial charge in [0.15, 0.2) is 0 Å². The average molecular weight is 319 g/mol. The number of fused-ring (bicyclic) bond motifs is 1. The maximum Gasteiger partial charge on any atom is 0.346 e. The van der Waals surface area contributed by atoms with Crippen molar-refractivity contribution in [3.8, 4) is 0 Å². The number of nitrogens with two attached hydrogens (primary N) is 1. The van der Waals surface area contributed by atoms with Crippen molar-refractivity contribution < 1.29 is 14.0 Å². The highest BCUT2D eigenvalue weighted by Crippen LogP contribution is 2.14. The van der Waals surface area contributed by atoms with Crippen molar-refractivity contribution in [2.45, 2.75) is 19.6 Å². The molecule has 1 aliphatic heterocycles. The minimum absolute atomic E-state index is 0.0705. The second-order valence-electron chi connectivity index (χ2n) is 5.20. The smallest absolute Gasteiger partial charge is 0.346 e. The molecule has 0 unspecified atom stereocenters. The number of hydrogen-bond donors (Lipinski definition) is 1. The van der Waals surface area contributed by atoms with Crippen LogP contribution in [0.15, 0.2) is 29.1 Å². The number of amides is 2. The van der Waals surface area contributed by atoms with E-state index in [1.165, 1.54) is 15.5 Å². The zero-order chi connectivity index (χ0) is 16.6. The van der Waals surface area contributed by atoms with Gasteiger partial charge < -0.3 is 10.6 Å². The number of primary amides is 1. The van der Waals surface area contributed by atoms with Gasteiger partial charge in [-0.1, -0.05) is 18.2 Å². The number of rotatable bonds is 4. The van der Waals surface area contributed by atoms with E-state index in [4.69, 9.17) is 5.73 Å².